The standard InChI is InChI=1S/C22H24N6O3/c1-27(2)16-10-8-14(9-11-16)21-24-25-26-28(21)18-13-31-19-17(12-30-20(18)19)23-22(29)15-6-4-3-5-7-15/h3-11,17-20H,12-13H2,1-2H3,(H,23,29). The van der Waals surface area contributed by atoms with E-state index < -0.39 is 0 Å². The van der Waals surface area contributed by atoms with Crippen molar-refractivity contribution in [2.45, 2.75) is 24.3 Å². The third kappa shape index (κ3) is 3.66. The van der Waals surface area contributed by atoms with Crippen LogP contribution in [0.3, 0.4) is 0 Å². The summed E-state index contributed by atoms with van der Waals surface area (Å²) in [6.07, 6.45) is -0.477. The molecule has 0 spiro atoms. The Hall–Kier alpha value is -3.30. The summed E-state index contributed by atoms with van der Waals surface area (Å²) < 4.78 is 13.9. The van der Waals surface area contributed by atoms with Crippen molar-refractivity contribution in [3.63, 3.8) is 0 Å². The Labute approximate surface area is 180 Å². The van der Waals surface area contributed by atoms with Crippen molar-refractivity contribution in [3.8, 4) is 11.4 Å². The monoisotopic (exact) mass is 420 g/mol. The number of nitrogens with one attached hydrogen (secondary N) is 1. The van der Waals surface area contributed by atoms with Crippen LogP contribution in [0.25, 0.3) is 11.4 Å². The normalized spacial score (nSPS) is 24.7. The molecule has 2 aromatic carbocycles. The molecular weight excluding hydrogens is 396 g/mol. The molecule has 2 aliphatic heterocycles. The molecule has 0 radical (unpaired) electrons. The second-order valence-corrected chi connectivity index (χ2v) is 8.00. The van der Waals surface area contributed by atoms with Crippen LogP contribution in [0.5, 0.6) is 0 Å². The first kappa shape index (κ1) is 19.7. The van der Waals surface area contributed by atoms with Gasteiger partial charge < -0.3 is 19.7 Å². The molecule has 5 rings (SSSR count). The summed E-state index contributed by atoms with van der Waals surface area (Å²) in [4.78, 5) is 14.6. The second kappa shape index (κ2) is 8.09. The number of carbonyl (C=O) groups is 1. The van der Waals surface area contributed by atoms with Crippen molar-refractivity contribution < 1.29 is 14.3 Å². The molecule has 1 N–H and O–H groups in total. The maximum absolute atomic E-state index is 12.6. The Kier molecular flexibility index (Phi) is 5.13. The average Bonchev–Trinajstić information content (AvgIpc) is 3.52. The first-order valence-corrected chi connectivity index (χ1v) is 10.3. The van der Waals surface area contributed by atoms with E-state index in [0.29, 0.717) is 24.6 Å². The summed E-state index contributed by atoms with van der Waals surface area (Å²) in [6, 6.07) is 16.8. The predicted molar refractivity (Wildman–Crippen MR) is 114 cm³/mol. The third-order valence-electron chi connectivity index (χ3n) is 5.83. The summed E-state index contributed by atoms with van der Waals surface area (Å²) in [5.41, 5.74) is 2.64. The summed E-state index contributed by atoms with van der Waals surface area (Å²) in [5.74, 6) is 0.533. The molecular formula is C22H24N6O3. The minimum Gasteiger partial charge on any atom is -0.378 e. The predicted octanol–water partition coefficient (Wildman–Crippen LogP) is 1.54. The zero-order valence-corrected chi connectivity index (χ0v) is 17.4. The van der Waals surface area contributed by atoms with Crippen LogP contribution in [0.2, 0.25) is 0 Å². The fourth-order valence-electron chi connectivity index (χ4n) is 4.17. The number of fused-ring (bicyclic) bond motifs is 1. The van der Waals surface area contributed by atoms with Crippen molar-refractivity contribution in [2.75, 3.05) is 32.2 Å². The molecule has 4 unspecified atom stereocenters. The molecule has 160 valence electrons. The Balaban J connectivity index is 1.32. The minimum absolute atomic E-state index is 0.133. The lowest BCUT2D eigenvalue weighted by Gasteiger charge is -2.18. The maximum atomic E-state index is 12.6. The molecule has 1 aromatic heterocycles. The Morgan fingerprint density at radius 1 is 1.03 bits per heavy atom. The molecule has 9 nitrogen and oxygen atoms in total. The van der Waals surface area contributed by atoms with Gasteiger partial charge in [0.05, 0.1) is 19.3 Å². The van der Waals surface area contributed by atoms with Crippen molar-refractivity contribution in [3.05, 3.63) is 60.2 Å². The van der Waals surface area contributed by atoms with E-state index in [0.717, 1.165) is 11.3 Å². The zero-order valence-electron chi connectivity index (χ0n) is 17.4. The number of nitrogens with zero attached hydrogens (tertiary/aromatic N) is 5. The van der Waals surface area contributed by atoms with Crippen LogP contribution in [0, 0.1) is 0 Å². The van der Waals surface area contributed by atoms with E-state index in [-0.39, 0.29) is 30.2 Å². The van der Waals surface area contributed by atoms with Gasteiger partial charge in [-0.3, -0.25) is 4.79 Å². The van der Waals surface area contributed by atoms with E-state index in [4.69, 9.17) is 9.47 Å². The number of tetrazole rings is 1. The highest BCUT2D eigenvalue weighted by Gasteiger charge is 2.50. The van der Waals surface area contributed by atoms with E-state index in [1.807, 2.05) is 61.5 Å². The van der Waals surface area contributed by atoms with Gasteiger partial charge in [0.15, 0.2) is 5.82 Å². The molecule has 1 amide bonds. The highest BCUT2D eigenvalue weighted by Crippen LogP contribution is 2.36. The van der Waals surface area contributed by atoms with Gasteiger partial charge in [-0.25, -0.2) is 4.68 Å². The van der Waals surface area contributed by atoms with Gasteiger partial charge in [0, 0.05) is 30.9 Å². The number of benzene rings is 2. The number of aromatic nitrogens is 4. The largest absolute Gasteiger partial charge is 0.378 e. The van der Waals surface area contributed by atoms with Gasteiger partial charge in [-0.1, -0.05) is 18.2 Å². The minimum atomic E-state index is -0.245. The average molecular weight is 420 g/mol. The number of ether oxygens (including phenoxy) is 2. The SMILES string of the molecule is CN(C)c1ccc(-c2nnnn2C2COC3C(NC(=O)c4ccccc4)COC32)cc1. The van der Waals surface area contributed by atoms with Crippen LogP contribution < -0.4 is 10.2 Å². The number of rotatable bonds is 5. The number of hydrogen-bond donors (Lipinski definition) is 1. The van der Waals surface area contributed by atoms with Crippen molar-refractivity contribution in [1.82, 2.24) is 25.5 Å². The van der Waals surface area contributed by atoms with Gasteiger partial charge in [0.25, 0.3) is 5.91 Å². The molecule has 0 aliphatic carbocycles. The summed E-state index contributed by atoms with van der Waals surface area (Å²) in [6.45, 7) is 0.806. The van der Waals surface area contributed by atoms with Gasteiger partial charge in [-0.2, -0.15) is 0 Å². The lowest BCUT2D eigenvalue weighted by atomic mass is 10.1. The molecule has 2 saturated heterocycles. The van der Waals surface area contributed by atoms with Crippen LogP contribution in [0.4, 0.5) is 5.69 Å². The summed E-state index contributed by atoms with van der Waals surface area (Å²) in [7, 11) is 4.00. The topological polar surface area (TPSA) is 94.4 Å². The summed E-state index contributed by atoms with van der Waals surface area (Å²) >= 11 is 0. The molecule has 3 aromatic rings. The van der Waals surface area contributed by atoms with Crippen LogP contribution in [0.15, 0.2) is 54.6 Å². The zero-order chi connectivity index (χ0) is 21.4. The van der Waals surface area contributed by atoms with Crippen LogP contribution >= 0.6 is 0 Å². The number of anilines is 1. The van der Waals surface area contributed by atoms with Gasteiger partial charge in [-0.05, 0) is 46.8 Å². The van der Waals surface area contributed by atoms with Crippen molar-refractivity contribution in [1.29, 1.82) is 0 Å². The first-order valence-electron chi connectivity index (χ1n) is 10.3. The number of carbonyl (C=O) groups excluding carboxylic acids is 1. The molecule has 31 heavy (non-hydrogen) atoms. The number of amides is 1. The highest BCUT2D eigenvalue weighted by atomic mass is 16.6. The van der Waals surface area contributed by atoms with Crippen LogP contribution in [0.1, 0.15) is 16.4 Å². The Bertz CT molecular complexity index is 1050. The highest BCUT2D eigenvalue weighted by molar-refractivity contribution is 5.94. The lowest BCUT2D eigenvalue weighted by Crippen LogP contribution is -2.44. The Morgan fingerprint density at radius 3 is 2.52 bits per heavy atom. The molecule has 2 fully saturated rings. The van der Waals surface area contributed by atoms with Crippen LogP contribution in [-0.4, -0.2) is 71.7 Å². The lowest BCUT2D eigenvalue weighted by molar-refractivity contribution is 0.0615. The third-order valence-corrected chi connectivity index (χ3v) is 5.83. The number of hydrogen-bond acceptors (Lipinski definition) is 7. The molecule has 9 heteroatoms. The van der Waals surface area contributed by atoms with Crippen LogP contribution in [-0.2, 0) is 9.47 Å². The fourth-order valence-corrected chi connectivity index (χ4v) is 4.17. The van der Waals surface area contributed by atoms with Crippen molar-refractivity contribution in [2.24, 2.45) is 0 Å². The first-order chi connectivity index (χ1) is 15.1. The molecule has 2 aliphatic rings. The molecule has 0 saturated carbocycles. The van der Waals surface area contributed by atoms with Gasteiger partial charge in [0.2, 0.25) is 0 Å². The van der Waals surface area contributed by atoms with E-state index >= 15 is 0 Å². The van der Waals surface area contributed by atoms with E-state index in [2.05, 4.69) is 20.8 Å². The summed E-state index contributed by atoms with van der Waals surface area (Å²) in [5, 5.41) is 15.4. The van der Waals surface area contributed by atoms with Gasteiger partial charge in [0.1, 0.15) is 18.2 Å². The molecule has 4 atom stereocenters. The van der Waals surface area contributed by atoms with Gasteiger partial charge >= 0.3 is 0 Å². The molecule has 0 bridgehead atoms. The fraction of sp³-hybridized carbons (Fsp3) is 0.364. The van der Waals surface area contributed by atoms with E-state index in [1.54, 1.807) is 16.8 Å². The smallest absolute Gasteiger partial charge is 0.251 e. The second-order valence-electron chi connectivity index (χ2n) is 8.00. The van der Waals surface area contributed by atoms with E-state index in [1.165, 1.54) is 0 Å². The van der Waals surface area contributed by atoms with Crippen molar-refractivity contribution >= 4 is 11.6 Å². The van der Waals surface area contributed by atoms with Gasteiger partial charge in [-0.15, -0.1) is 5.10 Å². The van der Waals surface area contributed by atoms with E-state index in [9.17, 15) is 4.79 Å². The maximum Gasteiger partial charge on any atom is 0.251 e. The quantitative estimate of drug-likeness (QED) is 0.669. The Morgan fingerprint density at radius 2 is 1.77 bits per heavy atom. The molecule has 3 heterocycles.